The van der Waals surface area contributed by atoms with Gasteiger partial charge in [0, 0.05) is 12.2 Å². The quantitative estimate of drug-likeness (QED) is 0.616. The third kappa shape index (κ3) is 1.70. The van der Waals surface area contributed by atoms with E-state index < -0.39 is 11.8 Å². The average Bonchev–Trinajstić information content (AvgIpc) is 2.27. The molecule has 0 atom stereocenters. The van der Waals surface area contributed by atoms with Crippen molar-refractivity contribution in [3.63, 3.8) is 0 Å². The lowest BCUT2D eigenvalue weighted by Gasteiger charge is -2.10. The van der Waals surface area contributed by atoms with E-state index in [1.807, 2.05) is 26.0 Å². The second-order valence-corrected chi connectivity index (χ2v) is 3.74. The maximum Gasteiger partial charge on any atom is 0.313 e. The van der Waals surface area contributed by atoms with Gasteiger partial charge < -0.3 is 10.6 Å². The predicted molar refractivity (Wildman–Crippen MR) is 56.4 cm³/mol. The Balaban J connectivity index is 2.51. The molecule has 2 amide bonds. The molecule has 4 heteroatoms. The molecule has 1 aliphatic rings. The number of rotatable bonds is 0. The fraction of sp³-hybridized carbons (Fsp3) is 0.273. The van der Waals surface area contributed by atoms with E-state index in [1.165, 1.54) is 0 Å². The summed E-state index contributed by atoms with van der Waals surface area (Å²) in [6.07, 6.45) is 0. The Labute approximate surface area is 87.7 Å². The summed E-state index contributed by atoms with van der Waals surface area (Å²) in [6, 6.07) is 3.91. The minimum atomic E-state index is -0.598. The van der Waals surface area contributed by atoms with Gasteiger partial charge in [0.1, 0.15) is 0 Å². The van der Waals surface area contributed by atoms with Gasteiger partial charge in [0.15, 0.2) is 0 Å². The first-order valence-electron chi connectivity index (χ1n) is 4.77. The molecule has 1 heterocycles. The number of hydrogen-bond donors (Lipinski definition) is 2. The van der Waals surface area contributed by atoms with Crippen LogP contribution in [-0.4, -0.2) is 11.8 Å². The van der Waals surface area contributed by atoms with Crippen LogP contribution >= 0.6 is 0 Å². The van der Waals surface area contributed by atoms with Crippen molar-refractivity contribution in [3.05, 3.63) is 28.8 Å². The van der Waals surface area contributed by atoms with Crippen LogP contribution in [0.3, 0.4) is 0 Å². The Morgan fingerprint density at radius 2 is 1.87 bits per heavy atom. The van der Waals surface area contributed by atoms with Gasteiger partial charge in [-0.05, 0) is 36.6 Å². The van der Waals surface area contributed by atoms with E-state index in [4.69, 9.17) is 0 Å². The zero-order chi connectivity index (χ0) is 11.0. The van der Waals surface area contributed by atoms with Crippen molar-refractivity contribution in [2.75, 3.05) is 5.32 Å². The number of benzene rings is 1. The van der Waals surface area contributed by atoms with Crippen LogP contribution in [0.1, 0.15) is 16.7 Å². The van der Waals surface area contributed by atoms with Crippen LogP contribution < -0.4 is 10.6 Å². The highest BCUT2D eigenvalue weighted by molar-refractivity contribution is 6.40. The van der Waals surface area contributed by atoms with Crippen LogP contribution in [-0.2, 0) is 16.1 Å². The standard InChI is InChI=1S/C11H12N2O2/c1-6-3-7(2)8-5-12-10(14)11(15)13-9(8)4-6/h3-4H,5H2,1-2H3,(H,12,14)(H,13,15). The first kappa shape index (κ1) is 9.71. The Morgan fingerprint density at radius 3 is 2.60 bits per heavy atom. The molecule has 0 unspecified atom stereocenters. The monoisotopic (exact) mass is 204 g/mol. The lowest BCUT2D eigenvalue weighted by atomic mass is 10.0. The number of anilines is 1. The van der Waals surface area contributed by atoms with Gasteiger partial charge in [0.25, 0.3) is 0 Å². The summed E-state index contributed by atoms with van der Waals surface area (Å²) < 4.78 is 0. The highest BCUT2D eigenvalue weighted by Gasteiger charge is 2.20. The minimum absolute atomic E-state index is 0.402. The van der Waals surface area contributed by atoms with Crippen LogP contribution in [0.25, 0.3) is 0 Å². The molecule has 0 radical (unpaired) electrons. The van der Waals surface area contributed by atoms with Gasteiger partial charge in [-0.2, -0.15) is 0 Å². The smallest absolute Gasteiger partial charge is 0.313 e. The van der Waals surface area contributed by atoms with E-state index in [0.717, 1.165) is 22.4 Å². The summed E-state index contributed by atoms with van der Waals surface area (Å²) in [7, 11) is 0. The maximum absolute atomic E-state index is 11.3. The molecule has 1 aliphatic heterocycles. The van der Waals surface area contributed by atoms with Gasteiger partial charge in [0.05, 0.1) is 0 Å². The predicted octanol–water partition coefficient (Wildman–Crippen LogP) is 0.872. The Hall–Kier alpha value is -1.84. The van der Waals surface area contributed by atoms with Crippen molar-refractivity contribution in [2.24, 2.45) is 0 Å². The largest absolute Gasteiger partial charge is 0.344 e. The summed E-state index contributed by atoms with van der Waals surface area (Å²) in [5.41, 5.74) is 3.85. The zero-order valence-electron chi connectivity index (χ0n) is 8.68. The lowest BCUT2D eigenvalue weighted by Crippen LogP contribution is -2.31. The lowest BCUT2D eigenvalue weighted by molar-refractivity contribution is -0.136. The number of fused-ring (bicyclic) bond motifs is 1. The van der Waals surface area contributed by atoms with Gasteiger partial charge in [-0.15, -0.1) is 0 Å². The van der Waals surface area contributed by atoms with Crippen LogP contribution in [0.15, 0.2) is 12.1 Å². The number of nitrogens with one attached hydrogen (secondary N) is 2. The van der Waals surface area contributed by atoms with Gasteiger partial charge in [-0.1, -0.05) is 6.07 Å². The van der Waals surface area contributed by atoms with Gasteiger partial charge >= 0.3 is 11.8 Å². The first-order chi connectivity index (χ1) is 7.08. The molecule has 0 bridgehead atoms. The molecule has 0 saturated carbocycles. The summed E-state index contributed by atoms with van der Waals surface area (Å²) in [4.78, 5) is 22.4. The molecule has 78 valence electrons. The van der Waals surface area contributed by atoms with Crippen molar-refractivity contribution < 1.29 is 9.59 Å². The summed E-state index contributed by atoms with van der Waals surface area (Å²) in [5.74, 6) is -1.18. The van der Waals surface area contributed by atoms with E-state index in [9.17, 15) is 9.59 Å². The average molecular weight is 204 g/mol. The fourth-order valence-corrected chi connectivity index (χ4v) is 1.77. The molecule has 0 fully saturated rings. The van der Waals surface area contributed by atoms with Crippen LogP contribution in [0, 0.1) is 13.8 Å². The van der Waals surface area contributed by atoms with E-state index in [-0.39, 0.29) is 0 Å². The summed E-state index contributed by atoms with van der Waals surface area (Å²) in [6.45, 7) is 4.33. The normalized spacial score (nSPS) is 15.1. The molecule has 0 aliphatic carbocycles. The van der Waals surface area contributed by atoms with E-state index in [1.54, 1.807) is 0 Å². The van der Waals surface area contributed by atoms with Gasteiger partial charge in [-0.25, -0.2) is 0 Å². The molecular formula is C11H12N2O2. The topological polar surface area (TPSA) is 58.2 Å². The van der Waals surface area contributed by atoms with Crippen LogP contribution in [0.5, 0.6) is 0 Å². The maximum atomic E-state index is 11.3. The number of aryl methyl sites for hydroxylation is 2. The number of carbonyl (C=O) groups is 2. The molecule has 4 nitrogen and oxygen atoms in total. The number of amides is 2. The van der Waals surface area contributed by atoms with Crippen LogP contribution in [0.2, 0.25) is 0 Å². The van der Waals surface area contributed by atoms with E-state index in [0.29, 0.717) is 6.54 Å². The first-order valence-corrected chi connectivity index (χ1v) is 4.77. The summed E-state index contributed by atoms with van der Waals surface area (Å²) >= 11 is 0. The van der Waals surface area contributed by atoms with Gasteiger partial charge in [-0.3, -0.25) is 9.59 Å². The summed E-state index contributed by atoms with van der Waals surface area (Å²) in [5, 5.41) is 5.16. The molecule has 15 heavy (non-hydrogen) atoms. The molecule has 0 aromatic heterocycles. The van der Waals surface area contributed by atoms with Crippen molar-refractivity contribution in [1.82, 2.24) is 5.32 Å². The SMILES string of the molecule is Cc1cc(C)c2c(c1)NC(=O)C(=O)NC2. The minimum Gasteiger partial charge on any atom is -0.344 e. The molecule has 1 aromatic carbocycles. The van der Waals surface area contributed by atoms with Crippen molar-refractivity contribution >= 4 is 17.5 Å². The third-order valence-electron chi connectivity index (χ3n) is 2.50. The fourth-order valence-electron chi connectivity index (χ4n) is 1.77. The van der Waals surface area contributed by atoms with Crippen molar-refractivity contribution in [3.8, 4) is 0 Å². The molecule has 2 N–H and O–H groups in total. The molecule has 0 spiro atoms. The molecule has 0 saturated heterocycles. The zero-order valence-corrected chi connectivity index (χ0v) is 8.68. The van der Waals surface area contributed by atoms with Crippen molar-refractivity contribution in [2.45, 2.75) is 20.4 Å². The Morgan fingerprint density at radius 1 is 1.13 bits per heavy atom. The second-order valence-electron chi connectivity index (χ2n) is 3.74. The molecular weight excluding hydrogens is 192 g/mol. The Bertz CT molecular complexity index is 452. The third-order valence-corrected chi connectivity index (χ3v) is 2.50. The van der Waals surface area contributed by atoms with E-state index in [2.05, 4.69) is 10.6 Å². The second kappa shape index (κ2) is 3.38. The molecule has 1 aromatic rings. The highest BCUT2D eigenvalue weighted by Crippen LogP contribution is 2.23. The Kier molecular flexibility index (Phi) is 2.19. The number of carbonyl (C=O) groups excluding carboxylic acids is 2. The van der Waals surface area contributed by atoms with Crippen molar-refractivity contribution in [1.29, 1.82) is 0 Å². The van der Waals surface area contributed by atoms with E-state index >= 15 is 0 Å². The highest BCUT2D eigenvalue weighted by atomic mass is 16.2. The number of hydrogen-bond acceptors (Lipinski definition) is 2. The van der Waals surface area contributed by atoms with Crippen LogP contribution in [0.4, 0.5) is 5.69 Å². The van der Waals surface area contributed by atoms with Gasteiger partial charge in [0.2, 0.25) is 0 Å². The molecule has 2 rings (SSSR count).